The van der Waals surface area contributed by atoms with Gasteiger partial charge >= 0.3 is 72.4 Å². The van der Waals surface area contributed by atoms with Crippen LogP contribution >= 0.6 is 7.60 Å². The van der Waals surface area contributed by atoms with Gasteiger partial charge in [0.15, 0.2) is 5.78 Å². The Morgan fingerprint density at radius 1 is 1.17 bits per heavy atom. The number of Topliss-reactive ketones (excluding diaryl/α,β-unsaturated/α-hetero) is 1. The van der Waals surface area contributed by atoms with Crippen molar-refractivity contribution in [3.63, 3.8) is 0 Å². The topological polar surface area (TPSA) is 101 Å². The van der Waals surface area contributed by atoms with E-state index in [-0.39, 0.29) is 70.6 Å². The van der Waals surface area contributed by atoms with Crippen molar-refractivity contribution in [2.24, 2.45) is 0 Å². The van der Waals surface area contributed by atoms with Crippen molar-refractivity contribution in [2.45, 2.75) is 6.92 Å². The van der Waals surface area contributed by atoms with E-state index in [4.69, 9.17) is 10.00 Å². The third-order valence-corrected chi connectivity index (χ3v) is 2.67. The second kappa shape index (κ2) is 8.51. The molecule has 1 rings (SSSR count). The SMILES string of the molecule is CC(=O)c1ccc(OP(=O)(O)C(=O)O)cc1.[NaH].[NaH]. The van der Waals surface area contributed by atoms with Crippen LogP contribution in [0.2, 0.25) is 0 Å². The summed E-state index contributed by atoms with van der Waals surface area (Å²) in [6.07, 6.45) is 0. The fraction of sp³-hybridized carbons (Fsp3) is 0.111. The third kappa shape index (κ3) is 5.99. The molecule has 2 N–H and O–H groups in total. The molecule has 90 valence electrons. The molecule has 0 aliphatic heterocycles. The monoisotopic (exact) mass is 292 g/mol. The maximum absolute atomic E-state index is 11.0. The Kier molecular flexibility index (Phi) is 9.77. The summed E-state index contributed by atoms with van der Waals surface area (Å²) in [5.41, 5.74) is -1.53. The number of carbonyl (C=O) groups excluding carboxylic acids is 1. The molecule has 0 saturated heterocycles. The summed E-state index contributed by atoms with van der Waals surface area (Å²) in [6.45, 7) is 1.37. The summed E-state index contributed by atoms with van der Waals surface area (Å²) in [6, 6.07) is 5.25. The Morgan fingerprint density at radius 2 is 1.61 bits per heavy atom. The standard InChI is InChI=1S/C9H9O6P.2Na.2H/c1-6(10)7-2-4-8(5-3-7)15-16(13,14)9(11)12;;;;/h2-5H,1H3,(H,11,12)(H,13,14);;;;. The molecule has 1 aromatic carbocycles. The van der Waals surface area contributed by atoms with Crippen molar-refractivity contribution in [1.29, 1.82) is 0 Å². The summed E-state index contributed by atoms with van der Waals surface area (Å²) in [5.74, 6) is -0.254. The Morgan fingerprint density at radius 3 is 1.94 bits per heavy atom. The fourth-order valence-electron chi connectivity index (χ4n) is 0.932. The molecule has 0 heterocycles. The molecule has 1 unspecified atom stereocenters. The van der Waals surface area contributed by atoms with Crippen molar-refractivity contribution in [2.75, 3.05) is 0 Å². The molecule has 0 aliphatic carbocycles. The van der Waals surface area contributed by atoms with Crippen LogP contribution in [-0.2, 0) is 4.57 Å². The molecule has 0 fully saturated rings. The van der Waals surface area contributed by atoms with E-state index in [0.29, 0.717) is 5.56 Å². The third-order valence-electron chi connectivity index (χ3n) is 1.73. The van der Waals surface area contributed by atoms with E-state index in [9.17, 15) is 14.2 Å². The number of hydrogen-bond acceptors (Lipinski definition) is 4. The van der Waals surface area contributed by atoms with Crippen LogP contribution in [-0.4, -0.2) is 80.6 Å². The average molecular weight is 292 g/mol. The van der Waals surface area contributed by atoms with E-state index in [1.165, 1.54) is 31.2 Å². The quantitative estimate of drug-likeness (QED) is 0.484. The molecule has 0 saturated carbocycles. The van der Waals surface area contributed by atoms with Gasteiger partial charge in [0.05, 0.1) is 0 Å². The number of benzene rings is 1. The van der Waals surface area contributed by atoms with Crippen LogP contribution in [0.1, 0.15) is 17.3 Å². The van der Waals surface area contributed by atoms with Crippen molar-refractivity contribution in [3.8, 4) is 5.75 Å². The molecule has 18 heavy (non-hydrogen) atoms. The predicted molar refractivity (Wildman–Crippen MR) is 69.2 cm³/mol. The van der Waals surface area contributed by atoms with Crippen LogP contribution in [0.15, 0.2) is 24.3 Å². The Hall–Kier alpha value is 0.350. The van der Waals surface area contributed by atoms with Crippen LogP contribution in [0.5, 0.6) is 5.75 Å². The molecule has 0 aliphatic rings. The van der Waals surface area contributed by atoms with Crippen molar-refractivity contribution in [3.05, 3.63) is 29.8 Å². The zero-order valence-electron chi connectivity index (χ0n) is 8.28. The second-order valence-electron chi connectivity index (χ2n) is 2.97. The molecule has 0 amide bonds. The number of carboxylic acid groups (broad SMARTS) is 1. The van der Waals surface area contributed by atoms with Gasteiger partial charge in [0.2, 0.25) is 0 Å². The van der Waals surface area contributed by atoms with Gasteiger partial charge in [0.25, 0.3) is 0 Å². The van der Waals surface area contributed by atoms with Gasteiger partial charge in [0, 0.05) is 5.56 Å². The Balaban J connectivity index is 0. The predicted octanol–water partition coefficient (Wildman–Crippen LogP) is 0.834. The first kappa shape index (κ1) is 20.7. The number of ketones is 1. The zero-order chi connectivity index (χ0) is 12.3. The number of hydrogen-bond donors (Lipinski definition) is 2. The second-order valence-corrected chi connectivity index (χ2v) is 4.58. The molecule has 1 aromatic rings. The summed E-state index contributed by atoms with van der Waals surface area (Å²) in [4.78, 5) is 30.1. The molecule has 9 heteroatoms. The molecular formula is C9H11Na2O6P. The minimum atomic E-state index is -4.69. The van der Waals surface area contributed by atoms with Crippen LogP contribution in [0.4, 0.5) is 4.79 Å². The summed E-state index contributed by atoms with van der Waals surface area (Å²) >= 11 is 0. The van der Waals surface area contributed by atoms with E-state index in [0.717, 1.165) is 0 Å². The van der Waals surface area contributed by atoms with Gasteiger partial charge in [-0.25, -0.2) is 9.36 Å². The minimum absolute atomic E-state index is 0. The van der Waals surface area contributed by atoms with Gasteiger partial charge in [-0.1, -0.05) is 0 Å². The number of rotatable bonds is 4. The van der Waals surface area contributed by atoms with Crippen LogP contribution in [0.3, 0.4) is 0 Å². The molecule has 1 atom stereocenters. The van der Waals surface area contributed by atoms with E-state index in [1.54, 1.807) is 0 Å². The summed E-state index contributed by atoms with van der Waals surface area (Å²) in [7, 11) is -4.69. The number of carbonyl (C=O) groups is 2. The molecule has 0 aromatic heterocycles. The zero-order valence-corrected chi connectivity index (χ0v) is 9.18. The van der Waals surface area contributed by atoms with E-state index >= 15 is 0 Å². The van der Waals surface area contributed by atoms with Gasteiger partial charge in [-0.2, -0.15) is 0 Å². The van der Waals surface area contributed by atoms with Crippen molar-refractivity contribution in [1.82, 2.24) is 0 Å². The molecule has 0 spiro atoms. The van der Waals surface area contributed by atoms with E-state index in [1.807, 2.05) is 0 Å². The molecular weight excluding hydrogens is 281 g/mol. The maximum atomic E-state index is 11.0. The van der Waals surface area contributed by atoms with Crippen LogP contribution in [0.25, 0.3) is 0 Å². The first-order chi connectivity index (χ1) is 7.33. The van der Waals surface area contributed by atoms with Crippen molar-refractivity contribution >= 4 is 78.2 Å². The Bertz CT molecular complexity index is 472. The van der Waals surface area contributed by atoms with Crippen LogP contribution < -0.4 is 4.52 Å². The van der Waals surface area contributed by atoms with E-state index < -0.39 is 13.3 Å². The van der Waals surface area contributed by atoms with Crippen LogP contribution in [0, 0.1) is 0 Å². The van der Waals surface area contributed by atoms with Gasteiger partial charge < -0.3 is 14.5 Å². The first-order valence-corrected chi connectivity index (χ1v) is 5.77. The molecule has 0 bridgehead atoms. The average Bonchev–Trinajstić information content (AvgIpc) is 2.17. The molecule has 0 radical (unpaired) electrons. The molecule has 6 nitrogen and oxygen atoms in total. The van der Waals surface area contributed by atoms with Gasteiger partial charge in [-0.3, -0.25) is 4.79 Å². The van der Waals surface area contributed by atoms with Gasteiger partial charge in [-0.05, 0) is 31.2 Å². The Labute approximate surface area is 148 Å². The first-order valence-electron chi connectivity index (χ1n) is 4.20. The summed E-state index contributed by atoms with van der Waals surface area (Å²) < 4.78 is 15.4. The fourth-order valence-corrected chi connectivity index (χ4v) is 1.42. The van der Waals surface area contributed by atoms with E-state index in [2.05, 4.69) is 4.52 Å². The normalized spacial score (nSPS) is 12.3. The summed E-state index contributed by atoms with van der Waals surface area (Å²) in [5, 5.41) is 8.35. The van der Waals surface area contributed by atoms with Gasteiger partial charge in [-0.15, -0.1) is 0 Å². The van der Waals surface area contributed by atoms with Gasteiger partial charge in [0.1, 0.15) is 5.75 Å². The van der Waals surface area contributed by atoms with Crippen molar-refractivity contribution < 1.29 is 28.7 Å².